The number of hydrogen-bond donors (Lipinski definition) is 1. The van der Waals surface area contributed by atoms with Crippen molar-refractivity contribution in [3.8, 4) is 11.8 Å². The molecule has 0 unspecified atom stereocenters. The Balaban J connectivity index is 3.21. The standard InChI is InChI=1S/C15H18O3/c1-4-12-9-14(10-15(17)18-3)13(6-5-7-16)8-11(12)2/h8-9,16H,4,7,10H2,1-3H3. The second kappa shape index (κ2) is 6.83. The van der Waals surface area contributed by atoms with Gasteiger partial charge in [-0.3, -0.25) is 4.79 Å². The minimum Gasteiger partial charge on any atom is -0.469 e. The summed E-state index contributed by atoms with van der Waals surface area (Å²) in [6.07, 6.45) is 1.12. The van der Waals surface area contributed by atoms with Crippen molar-refractivity contribution in [2.24, 2.45) is 0 Å². The number of benzene rings is 1. The summed E-state index contributed by atoms with van der Waals surface area (Å²) < 4.78 is 4.68. The minimum atomic E-state index is -0.284. The highest BCUT2D eigenvalue weighted by atomic mass is 16.5. The van der Waals surface area contributed by atoms with Gasteiger partial charge < -0.3 is 9.84 Å². The van der Waals surface area contributed by atoms with Crippen molar-refractivity contribution in [2.45, 2.75) is 26.7 Å². The van der Waals surface area contributed by atoms with Crippen molar-refractivity contribution >= 4 is 5.97 Å². The third-order valence-corrected chi connectivity index (χ3v) is 2.81. The van der Waals surface area contributed by atoms with Crippen LogP contribution in [0.15, 0.2) is 12.1 Å². The zero-order valence-corrected chi connectivity index (χ0v) is 11.0. The Morgan fingerprint density at radius 3 is 2.67 bits per heavy atom. The lowest BCUT2D eigenvalue weighted by molar-refractivity contribution is -0.139. The highest BCUT2D eigenvalue weighted by Crippen LogP contribution is 2.17. The molecule has 18 heavy (non-hydrogen) atoms. The topological polar surface area (TPSA) is 46.5 Å². The van der Waals surface area contributed by atoms with Crippen molar-refractivity contribution in [3.05, 3.63) is 34.4 Å². The van der Waals surface area contributed by atoms with Crippen LogP contribution in [0, 0.1) is 18.8 Å². The molecule has 0 spiro atoms. The smallest absolute Gasteiger partial charge is 0.310 e. The molecule has 1 aromatic carbocycles. The van der Waals surface area contributed by atoms with Crippen LogP contribution in [-0.4, -0.2) is 24.8 Å². The summed E-state index contributed by atoms with van der Waals surface area (Å²) in [6, 6.07) is 3.95. The molecule has 0 amide bonds. The number of carbonyl (C=O) groups is 1. The van der Waals surface area contributed by atoms with Crippen LogP contribution in [0.1, 0.15) is 29.2 Å². The molecule has 3 nitrogen and oxygen atoms in total. The lowest BCUT2D eigenvalue weighted by atomic mass is 9.96. The van der Waals surface area contributed by atoms with E-state index in [1.165, 1.54) is 12.7 Å². The first-order valence-corrected chi connectivity index (χ1v) is 5.91. The fourth-order valence-corrected chi connectivity index (χ4v) is 1.81. The predicted octanol–water partition coefficient (Wildman–Crippen LogP) is 1.62. The van der Waals surface area contributed by atoms with Gasteiger partial charge in [0.25, 0.3) is 0 Å². The molecule has 0 atom stereocenters. The van der Waals surface area contributed by atoms with Gasteiger partial charge in [-0.1, -0.05) is 24.8 Å². The number of aliphatic hydroxyl groups is 1. The Bertz CT molecular complexity index is 492. The van der Waals surface area contributed by atoms with Crippen LogP contribution in [0.3, 0.4) is 0 Å². The fourth-order valence-electron chi connectivity index (χ4n) is 1.81. The van der Waals surface area contributed by atoms with Crippen molar-refractivity contribution in [2.75, 3.05) is 13.7 Å². The quantitative estimate of drug-likeness (QED) is 0.651. The predicted molar refractivity (Wildman–Crippen MR) is 70.2 cm³/mol. The van der Waals surface area contributed by atoms with E-state index in [9.17, 15) is 4.79 Å². The number of aryl methyl sites for hydroxylation is 2. The Labute approximate surface area is 108 Å². The van der Waals surface area contributed by atoms with Crippen molar-refractivity contribution in [1.82, 2.24) is 0 Å². The molecule has 0 saturated heterocycles. The summed E-state index contributed by atoms with van der Waals surface area (Å²) in [5.74, 6) is 5.21. The average molecular weight is 246 g/mol. The second-order valence-electron chi connectivity index (χ2n) is 4.00. The molecule has 0 saturated carbocycles. The van der Waals surface area contributed by atoms with Crippen LogP contribution in [-0.2, 0) is 22.4 Å². The molecule has 1 aromatic rings. The third-order valence-electron chi connectivity index (χ3n) is 2.81. The van der Waals surface area contributed by atoms with Gasteiger partial charge >= 0.3 is 5.97 Å². The molecule has 0 aliphatic rings. The zero-order valence-electron chi connectivity index (χ0n) is 11.0. The monoisotopic (exact) mass is 246 g/mol. The lowest BCUT2D eigenvalue weighted by Gasteiger charge is -2.09. The second-order valence-corrected chi connectivity index (χ2v) is 4.00. The molecule has 0 fully saturated rings. The van der Waals surface area contributed by atoms with E-state index in [4.69, 9.17) is 5.11 Å². The van der Waals surface area contributed by atoms with Gasteiger partial charge in [0.2, 0.25) is 0 Å². The summed E-state index contributed by atoms with van der Waals surface area (Å²) in [7, 11) is 1.37. The van der Waals surface area contributed by atoms with E-state index in [1.54, 1.807) is 0 Å². The highest BCUT2D eigenvalue weighted by molar-refractivity contribution is 5.73. The highest BCUT2D eigenvalue weighted by Gasteiger charge is 2.09. The first-order valence-electron chi connectivity index (χ1n) is 5.91. The molecular weight excluding hydrogens is 228 g/mol. The van der Waals surface area contributed by atoms with Gasteiger partial charge in [0, 0.05) is 5.56 Å². The number of carbonyl (C=O) groups excluding carboxylic acids is 1. The van der Waals surface area contributed by atoms with E-state index in [0.717, 1.165) is 23.1 Å². The molecule has 1 rings (SSSR count). The molecule has 0 heterocycles. The molecule has 0 bridgehead atoms. The Kier molecular flexibility index (Phi) is 5.41. The van der Waals surface area contributed by atoms with E-state index < -0.39 is 0 Å². The number of rotatable bonds is 3. The number of aliphatic hydroxyl groups excluding tert-OH is 1. The van der Waals surface area contributed by atoms with Crippen LogP contribution in [0.25, 0.3) is 0 Å². The van der Waals surface area contributed by atoms with Gasteiger partial charge in [-0.25, -0.2) is 0 Å². The first-order chi connectivity index (χ1) is 8.62. The summed E-state index contributed by atoms with van der Waals surface area (Å²) in [6.45, 7) is 3.90. The Morgan fingerprint density at radius 1 is 1.39 bits per heavy atom. The minimum absolute atomic E-state index is 0.188. The Morgan fingerprint density at radius 2 is 2.11 bits per heavy atom. The number of esters is 1. The molecule has 0 aliphatic heterocycles. The van der Waals surface area contributed by atoms with Crippen molar-refractivity contribution in [3.63, 3.8) is 0 Å². The molecular formula is C15H18O3. The molecule has 1 N–H and O–H groups in total. The van der Waals surface area contributed by atoms with Crippen molar-refractivity contribution in [1.29, 1.82) is 0 Å². The Hall–Kier alpha value is -1.79. The van der Waals surface area contributed by atoms with Gasteiger partial charge in [-0.05, 0) is 36.1 Å². The van der Waals surface area contributed by atoms with Gasteiger partial charge in [0.05, 0.1) is 13.5 Å². The van der Waals surface area contributed by atoms with Gasteiger partial charge in [0.1, 0.15) is 6.61 Å². The molecule has 0 aliphatic carbocycles. The fraction of sp³-hybridized carbons (Fsp3) is 0.400. The first kappa shape index (κ1) is 14.3. The maximum absolute atomic E-state index is 11.4. The van der Waals surface area contributed by atoms with E-state index in [0.29, 0.717) is 0 Å². The summed E-state index contributed by atoms with van der Waals surface area (Å²) in [5.41, 5.74) is 3.98. The normalized spacial score (nSPS) is 9.56. The van der Waals surface area contributed by atoms with Crippen LogP contribution in [0.5, 0.6) is 0 Å². The molecule has 0 radical (unpaired) electrons. The maximum atomic E-state index is 11.4. The summed E-state index contributed by atoms with van der Waals surface area (Å²) >= 11 is 0. The van der Waals surface area contributed by atoms with Crippen LogP contribution in [0.4, 0.5) is 0 Å². The van der Waals surface area contributed by atoms with Crippen molar-refractivity contribution < 1.29 is 14.6 Å². The van der Waals surface area contributed by atoms with E-state index in [1.807, 2.05) is 19.1 Å². The molecule has 0 aromatic heterocycles. The zero-order chi connectivity index (χ0) is 13.5. The lowest BCUT2D eigenvalue weighted by Crippen LogP contribution is -2.07. The van der Waals surface area contributed by atoms with Crippen LogP contribution < -0.4 is 0 Å². The molecule has 96 valence electrons. The number of ether oxygens (including phenoxy) is 1. The van der Waals surface area contributed by atoms with E-state index >= 15 is 0 Å². The number of hydrogen-bond acceptors (Lipinski definition) is 3. The largest absolute Gasteiger partial charge is 0.469 e. The van der Waals surface area contributed by atoms with Gasteiger partial charge in [-0.2, -0.15) is 0 Å². The molecule has 3 heteroatoms. The van der Waals surface area contributed by atoms with Gasteiger partial charge in [0.15, 0.2) is 0 Å². The SMILES string of the molecule is CCc1cc(CC(=O)OC)c(C#CCO)cc1C. The van der Waals surface area contributed by atoms with Crippen LogP contribution in [0.2, 0.25) is 0 Å². The maximum Gasteiger partial charge on any atom is 0.310 e. The summed E-state index contributed by atoms with van der Waals surface area (Å²) in [5, 5.41) is 8.75. The van der Waals surface area contributed by atoms with Crippen LogP contribution >= 0.6 is 0 Å². The van der Waals surface area contributed by atoms with Gasteiger partial charge in [-0.15, -0.1) is 0 Å². The third kappa shape index (κ3) is 3.61. The average Bonchev–Trinajstić information content (AvgIpc) is 2.38. The van der Waals surface area contributed by atoms with E-state index in [-0.39, 0.29) is 19.0 Å². The number of methoxy groups -OCH3 is 1. The van der Waals surface area contributed by atoms with E-state index in [2.05, 4.69) is 23.5 Å². The summed E-state index contributed by atoms with van der Waals surface area (Å²) in [4.78, 5) is 11.4.